The second kappa shape index (κ2) is 13.1. The fraction of sp³-hybridized carbons (Fsp3) is 0.429. The number of aliphatic hydroxyl groups excluding tert-OH is 1. The highest BCUT2D eigenvalue weighted by atomic mass is 79.9. The number of aromatic nitrogens is 5. The molecule has 0 aliphatic rings. The van der Waals surface area contributed by atoms with Crippen LogP contribution in [0.3, 0.4) is 0 Å². The van der Waals surface area contributed by atoms with Gasteiger partial charge in [-0.05, 0) is 54.7 Å². The van der Waals surface area contributed by atoms with Gasteiger partial charge in [0.25, 0.3) is 5.56 Å². The molecule has 1 unspecified atom stereocenters. The predicted octanol–water partition coefficient (Wildman–Crippen LogP) is 3.12. The topological polar surface area (TPSA) is 107 Å². The van der Waals surface area contributed by atoms with Crippen LogP contribution in [0.4, 0.5) is 0 Å². The Labute approximate surface area is 230 Å². The third kappa shape index (κ3) is 6.48. The highest BCUT2D eigenvalue weighted by molar-refractivity contribution is 9.10. The Kier molecular flexibility index (Phi) is 9.65. The first kappa shape index (κ1) is 27.9. The first-order valence-corrected chi connectivity index (χ1v) is 14.0. The number of nitrogens with one attached hydrogen (secondary N) is 1. The molecule has 4 rings (SSSR count). The first-order valence-electron chi connectivity index (χ1n) is 13.2. The molecule has 202 valence electrons. The Morgan fingerprint density at radius 1 is 0.947 bits per heavy atom. The number of halogens is 1. The van der Waals surface area contributed by atoms with E-state index in [0.717, 1.165) is 15.6 Å². The molecule has 3 heterocycles. The van der Waals surface area contributed by atoms with Crippen LogP contribution in [0.25, 0.3) is 11.2 Å². The first-order chi connectivity index (χ1) is 18.4. The van der Waals surface area contributed by atoms with E-state index in [4.69, 9.17) is 4.98 Å². The van der Waals surface area contributed by atoms with Crippen molar-refractivity contribution in [3.05, 3.63) is 91.1 Å². The van der Waals surface area contributed by atoms with Crippen molar-refractivity contribution >= 4 is 27.1 Å². The van der Waals surface area contributed by atoms with Gasteiger partial charge in [-0.25, -0.2) is 9.78 Å². The molecule has 1 atom stereocenters. The van der Waals surface area contributed by atoms with Crippen LogP contribution in [-0.2, 0) is 32.5 Å². The number of pyridine rings is 1. The number of fused-ring (bicyclic) bond motifs is 1. The molecule has 0 bridgehead atoms. The maximum absolute atomic E-state index is 13.7. The number of imidazole rings is 1. The zero-order valence-corrected chi connectivity index (χ0v) is 23.5. The van der Waals surface area contributed by atoms with E-state index >= 15 is 0 Å². The smallest absolute Gasteiger partial charge is 0.332 e. The van der Waals surface area contributed by atoms with E-state index in [2.05, 4.69) is 26.2 Å². The molecule has 0 fully saturated rings. The van der Waals surface area contributed by atoms with Crippen LogP contribution >= 0.6 is 15.9 Å². The van der Waals surface area contributed by atoms with Crippen molar-refractivity contribution in [3.8, 4) is 0 Å². The van der Waals surface area contributed by atoms with Crippen LogP contribution in [0.1, 0.15) is 43.6 Å². The zero-order valence-electron chi connectivity index (χ0n) is 21.9. The summed E-state index contributed by atoms with van der Waals surface area (Å²) < 4.78 is 5.92. The Morgan fingerprint density at radius 3 is 2.37 bits per heavy atom. The van der Waals surface area contributed by atoms with Crippen molar-refractivity contribution in [2.45, 2.75) is 65.3 Å². The monoisotopic (exact) mass is 582 g/mol. The van der Waals surface area contributed by atoms with Crippen molar-refractivity contribution in [2.75, 3.05) is 13.1 Å². The molecule has 3 aromatic heterocycles. The second-order valence-electron chi connectivity index (χ2n) is 9.42. The molecule has 10 heteroatoms. The Balaban J connectivity index is 1.80. The molecule has 0 saturated carbocycles. The summed E-state index contributed by atoms with van der Waals surface area (Å²) in [5.41, 5.74) is 2.33. The predicted molar refractivity (Wildman–Crippen MR) is 153 cm³/mol. The van der Waals surface area contributed by atoms with E-state index in [1.807, 2.05) is 54.8 Å². The Hall–Kier alpha value is -3.08. The van der Waals surface area contributed by atoms with Gasteiger partial charge in [0, 0.05) is 56.0 Å². The van der Waals surface area contributed by atoms with Gasteiger partial charge in [0.15, 0.2) is 11.2 Å². The number of hydrogen-bond donors (Lipinski definition) is 2. The molecular weight excluding hydrogens is 548 g/mol. The normalized spacial score (nSPS) is 12.3. The van der Waals surface area contributed by atoms with E-state index in [9.17, 15) is 14.7 Å². The molecule has 1 aromatic carbocycles. The maximum Gasteiger partial charge on any atom is 0.332 e. The van der Waals surface area contributed by atoms with Gasteiger partial charge in [-0.15, -0.1) is 0 Å². The lowest BCUT2D eigenvalue weighted by Gasteiger charge is -2.14. The molecule has 38 heavy (non-hydrogen) atoms. The molecule has 0 aliphatic heterocycles. The summed E-state index contributed by atoms with van der Waals surface area (Å²) in [6.45, 7) is 6.16. The number of rotatable bonds is 13. The number of aryl methyl sites for hydroxylation is 2. The lowest BCUT2D eigenvalue weighted by molar-refractivity contribution is 0.167. The van der Waals surface area contributed by atoms with E-state index < -0.39 is 6.10 Å². The van der Waals surface area contributed by atoms with Gasteiger partial charge in [0.05, 0.1) is 6.10 Å². The van der Waals surface area contributed by atoms with Gasteiger partial charge in [-0.1, -0.05) is 41.9 Å². The van der Waals surface area contributed by atoms with Gasteiger partial charge < -0.3 is 15.0 Å². The number of hydrogen-bond acceptors (Lipinski definition) is 6. The number of nitrogens with zero attached hydrogens (tertiary/aromatic N) is 5. The van der Waals surface area contributed by atoms with Crippen LogP contribution in [-0.4, -0.2) is 48.0 Å². The third-order valence-corrected chi connectivity index (χ3v) is 7.18. The molecule has 0 aliphatic carbocycles. The lowest BCUT2D eigenvalue weighted by atomic mass is 10.1. The lowest BCUT2D eigenvalue weighted by Crippen LogP contribution is -2.41. The summed E-state index contributed by atoms with van der Waals surface area (Å²) in [4.78, 5) is 36.2. The maximum atomic E-state index is 13.7. The minimum Gasteiger partial charge on any atom is -0.392 e. The molecular formula is C28H35BrN6O3. The summed E-state index contributed by atoms with van der Waals surface area (Å²) in [6.07, 6.45) is 5.52. The van der Waals surface area contributed by atoms with Gasteiger partial charge >= 0.3 is 5.69 Å². The van der Waals surface area contributed by atoms with Gasteiger partial charge in [0.2, 0.25) is 0 Å². The molecule has 0 saturated heterocycles. The van der Waals surface area contributed by atoms with Crippen LogP contribution < -0.4 is 16.6 Å². The van der Waals surface area contributed by atoms with Crippen LogP contribution in [0, 0.1) is 0 Å². The molecule has 0 amide bonds. The number of benzene rings is 1. The van der Waals surface area contributed by atoms with Gasteiger partial charge in [-0.3, -0.25) is 18.9 Å². The molecule has 0 radical (unpaired) electrons. The molecule has 2 N–H and O–H groups in total. The zero-order chi connectivity index (χ0) is 27.1. The molecule has 0 spiro atoms. The van der Waals surface area contributed by atoms with Crippen molar-refractivity contribution in [1.29, 1.82) is 0 Å². The highest BCUT2D eigenvalue weighted by Gasteiger charge is 2.21. The van der Waals surface area contributed by atoms with Crippen molar-refractivity contribution in [2.24, 2.45) is 0 Å². The standard InChI is InChI=1S/C28H35BrN6O3/c1-3-15-35-27(37)25-26(34(28(35)38)16-11-20-5-7-22(29)8-6-20)32-24(18-21-9-12-30-13-10-21)33(25)17-14-31-19-23(36)4-2/h5-10,12-13,23,31,36H,3-4,11,14-19H2,1-2H3. The van der Waals surface area contributed by atoms with Gasteiger partial charge in [-0.2, -0.15) is 0 Å². The SMILES string of the molecule is CCCn1c(=O)c2c(nc(Cc3ccncc3)n2CCNCC(O)CC)n(CCc2ccc(Br)cc2)c1=O. The molecule has 4 aromatic rings. The summed E-state index contributed by atoms with van der Waals surface area (Å²) in [5.74, 6) is 0.715. The van der Waals surface area contributed by atoms with Gasteiger partial charge in [0.1, 0.15) is 5.82 Å². The quantitative estimate of drug-likeness (QED) is 0.235. The average Bonchev–Trinajstić information content (AvgIpc) is 3.28. The summed E-state index contributed by atoms with van der Waals surface area (Å²) in [7, 11) is 0. The summed E-state index contributed by atoms with van der Waals surface area (Å²) >= 11 is 3.47. The van der Waals surface area contributed by atoms with Crippen LogP contribution in [0.15, 0.2) is 62.9 Å². The Morgan fingerprint density at radius 2 is 1.68 bits per heavy atom. The molecule has 9 nitrogen and oxygen atoms in total. The van der Waals surface area contributed by atoms with E-state index in [-0.39, 0.29) is 11.2 Å². The van der Waals surface area contributed by atoms with Crippen molar-refractivity contribution in [1.82, 2.24) is 29.0 Å². The Bertz CT molecular complexity index is 1460. The van der Waals surface area contributed by atoms with E-state index in [1.165, 1.54) is 4.57 Å². The highest BCUT2D eigenvalue weighted by Crippen LogP contribution is 2.17. The van der Waals surface area contributed by atoms with Crippen LogP contribution in [0.5, 0.6) is 0 Å². The summed E-state index contributed by atoms with van der Waals surface area (Å²) in [5, 5.41) is 13.2. The van der Waals surface area contributed by atoms with E-state index in [0.29, 0.717) is 75.4 Å². The largest absolute Gasteiger partial charge is 0.392 e. The minimum absolute atomic E-state index is 0.311. The fourth-order valence-corrected chi connectivity index (χ4v) is 4.78. The minimum atomic E-state index is -0.420. The number of aliphatic hydroxyl groups is 1. The van der Waals surface area contributed by atoms with Crippen molar-refractivity contribution in [3.63, 3.8) is 0 Å². The van der Waals surface area contributed by atoms with E-state index in [1.54, 1.807) is 17.0 Å². The average molecular weight is 584 g/mol. The fourth-order valence-electron chi connectivity index (χ4n) is 4.51. The summed E-state index contributed by atoms with van der Waals surface area (Å²) in [6, 6.07) is 11.9. The van der Waals surface area contributed by atoms with Crippen molar-refractivity contribution < 1.29 is 5.11 Å². The third-order valence-electron chi connectivity index (χ3n) is 6.65. The van der Waals surface area contributed by atoms with Crippen LogP contribution in [0.2, 0.25) is 0 Å². The second-order valence-corrected chi connectivity index (χ2v) is 10.3.